The first-order valence-electron chi connectivity index (χ1n) is 4.95. The third-order valence-corrected chi connectivity index (χ3v) is 3.26. The van der Waals surface area contributed by atoms with Crippen LogP contribution in [-0.2, 0) is 0 Å². The lowest BCUT2D eigenvalue weighted by Gasteiger charge is -2.01. The molecule has 0 saturated heterocycles. The number of hydrogen-bond acceptors (Lipinski definition) is 2. The molecular weight excluding hydrogens is 268 g/mol. The van der Waals surface area contributed by atoms with Crippen molar-refractivity contribution in [1.29, 1.82) is 0 Å². The topological polar surface area (TPSA) is 30.2 Å². The second-order valence-electron chi connectivity index (χ2n) is 3.68. The Balaban J connectivity index is 2.42. The summed E-state index contributed by atoms with van der Waals surface area (Å²) in [4.78, 5) is 11.1. The second kappa shape index (κ2) is 4.26. The fourth-order valence-electron chi connectivity index (χ4n) is 1.43. The van der Waals surface area contributed by atoms with E-state index in [0.29, 0.717) is 11.5 Å². The maximum absolute atomic E-state index is 11.1. The molecule has 2 rings (SSSR count). The normalized spacial score (nSPS) is 10.4. The van der Waals surface area contributed by atoms with Crippen molar-refractivity contribution in [2.75, 3.05) is 0 Å². The molecule has 0 spiro atoms. The van der Waals surface area contributed by atoms with Crippen LogP contribution in [-0.4, -0.2) is 5.78 Å². The number of carbonyl (C=O) groups excluding carboxylic acids is 1. The average Bonchev–Trinajstić information content (AvgIpc) is 2.71. The second-order valence-corrected chi connectivity index (χ2v) is 4.54. The summed E-state index contributed by atoms with van der Waals surface area (Å²) in [6.45, 7) is 3.52. The van der Waals surface area contributed by atoms with Crippen LogP contribution in [0.25, 0.3) is 11.3 Å². The minimum Gasteiger partial charge on any atom is -0.453 e. The minimum atomic E-state index is -0.0579. The Bertz CT molecular complexity index is 541. The number of rotatable bonds is 2. The maximum Gasteiger partial charge on any atom is 0.194 e. The molecule has 1 aromatic heterocycles. The molecule has 0 fully saturated rings. The monoisotopic (exact) mass is 278 g/mol. The lowest BCUT2D eigenvalue weighted by Crippen LogP contribution is -1.86. The van der Waals surface area contributed by atoms with Gasteiger partial charge in [-0.15, -0.1) is 0 Å². The quantitative estimate of drug-likeness (QED) is 0.770. The molecule has 0 aliphatic heterocycles. The highest BCUT2D eigenvalue weighted by atomic mass is 79.9. The lowest BCUT2D eigenvalue weighted by atomic mass is 10.1. The van der Waals surface area contributed by atoms with Crippen molar-refractivity contribution < 1.29 is 9.21 Å². The fourth-order valence-corrected chi connectivity index (χ4v) is 1.81. The van der Waals surface area contributed by atoms with Gasteiger partial charge in [0.1, 0.15) is 5.76 Å². The van der Waals surface area contributed by atoms with Crippen LogP contribution in [0.15, 0.2) is 39.2 Å². The third kappa shape index (κ3) is 2.09. The zero-order chi connectivity index (χ0) is 11.7. The van der Waals surface area contributed by atoms with Crippen molar-refractivity contribution in [1.82, 2.24) is 0 Å². The molecule has 0 bridgehead atoms. The van der Waals surface area contributed by atoms with Crippen molar-refractivity contribution in [3.8, 4) is 11.3 Å². The van der Waals surface area contributed by atoms with Gasteiger partial charge in [-0.05, 0) is 30.7 Å². The molecule has 2 aromatic rings. The Kier molecular flexibility index (Phi) is 2.97. The Hall–Kier alpha value is -1.35. The Labute approximate surface area is 102 Å². The largest absolute Gasteiger partial charge is 0.453 e. The van der Waals surface area contributed by atoms with Crippen LogP contribution in [0.4, 0.5) is 0 Å². The first-order chi connectivity index (χ1) is 7.58. The molecule has 3 heteroatoms. The van der Waals surface area contributed by atoms with E-state index in [2.05, 4.69) is 15.9 Å². The van der Waals surface area contributed by atoms with E-state index in [1.165, 1.54) is 12.5 Å². The van der Waals surface area contributed by atoms with Gasteiger partial charge in [0.25, 0.3) is 0 Å². The van der Waals surface area contributed by atoms with E-state index in [4.69, 9.17) is 4.42 Å². The number of furan rings is 1. The van der Waals surface area contributed by atoms with Gasteiger partial charge in [0.2, 0.25) is 0 Å². The van der Waals surface area contributed by atoms with Gasteiger partial charge >= 0.3 is 0 Å². The van der Waals surface area contributed by atoms with E-state index in [-0.39, 0.29) is 5.78 Å². The summed E-state index contributed by atoms with van der Waals surface area (Å²) in [5, 5.41) is 0. The molecule has 1 heterocycles. The van der Waals surface area contributed by atoms with Crippen LogP contribution in [0.1, 0.15) is 23.0 Å². The molecule has 0 aliphatic rings. The highest BCUT2D eigenvalue weighted by molar-refractivity contribution is 9.10. The molecule has 0 N–H and O–H groups in total. The maximum atomic E-state index is 11.1. The summed E-state index contributed by atoms with van der Waals surface area (Å²) in [5.41, 5.74) is 2.13. The zero-order valence-electron chi connectivity index (χ0n) is 9.08. The van der Waals surface area contributed by atoms with Crippen molar-refractivity contribution >= 4 is 21.7 Å². The van der Waals surface area contributed by atoms with E-state index < -0.39 is 0 Å². The summed E-state index contributed by atoms with van der Waals surface area (Å²) in [6.07, 6.45) is 0. The van der Waals surface area contributed by atoms with Gasteiger partial charge in [-0.1, -0.05) is 28.1 Å². The van der Waals surface area contributed by atoms with Gasteiger partial charge in [-0.25, -0.2) is 0 Å². The summed E-state index contributed by atoms with van der Waals surface area (Å²) < 4.78 is 6.49. The standard InChI is InChI=1S/C13H11BrO2/c1-8-3-4-10(7-11(8)14)13-6-5-12(16-13)9(2)15/h3-7H,1-2H3. The molecule has 0 aliphatic carbocycles. The molecule has 1 aromatic carbocycles. The van der Waals surface area contributed by atoms with Crippen LogP contribution in [0, 0.1) is 6.92 Å². The van der Waals surface area contributed by atoms with Gasteiger partial charge in [0.05, 0.1) is 0 Å². The van der Waals surface area contributed by atoms with E-state index in [9.17, 15) is 4.79 Å². The molecule has 16 heavy (non-hydrogen) atoms. The summed E-state index contributed by atoms with van der Waals surface area (Å²) >= 11 is 3.47. The Morgan fingerprint density at radius 2 is 2.00 bits per heavy atom. The number of benzene rings is 1. The van der Waals surface area contributed by atoms with Crippen LogP contribution in [0.2, 0.25) is 0 Å². The van der Waals surface area contributed by atoms with Crippen molar-refractivity contribution in [3.63, 3.8) is 0 Å². The van der Waals surface area contributed by atoms with Crippen LogP contribution in [0.5, 0.6) is 0 Å². The van der Waals surface area contributed by atoms with E-state index in [0.717, 1.165) is 10.0 Å². The average molecular weight is 279 g/mol. The fraction of sp³-hybridized carbons (Fsp3) is 0.154. The lowest BCUT2D eigenvalue weighted by molar-refractivity contribution is 0.0988. The van der Waals surface area contributed by atoms with E-state index in [1.54, 1.807) is 6.07 Å². The Morgan fingerprint density at radius 1 is 1.25 bits per heavy atom. The predicted molar refractivity (Wildman–Crippen MR) is 66.6 cm³/mol. The number of Topliss-reactive ketones (excluding diaryl/α,β-unsaturated/α-hetero) is 1. The summed E-state index contributed by atoms with van der Waals surface area (Å²) in [7, 11) is 0. The first-order valence-corrected chi connectivity index (χ1v) is 5.74. The van der Waals surface area contributed by atoms with Gasteiger partial charge in [0, 0.05) is 17.0 Å². The van der Waals surface area contributed by atoms with E-state index >= 15 is 0 Å². The van der Waals surface area contributed by atoms with Gasteiger partial charge < -0.3 is 4.42 Å². The number of aryl methyl sites for hydroxylation is 1. The molecule has 0 unspecified atom stereocenters. The third-order valence-electron chi connectivity index (χ3n) is 2.41. The molecule has 0 saturated carbocycles. The minimum absolute atomic E-state index is 0.0579. The molecule has 2 nitrogen and oxygen atoms in total. The van der Waals surface area contributed by atoms with Crippen LogP contribution in [0.3, 0.4) is 0 Å². The van der Waals surface area contributed by atoms with Crippen molar-refractivity contribution in [2.45, 2.75) is 13.8 Å². The number of halogens is 1. The van der Waals surface area contributed by atoms with Crippen LogP contribution < -0.4 is 0 Å². The Morgan fingerprint density at radius 3 is 2.56 bits per heavy atom. The smallest absolute Gasteiger partial charge is 0.194 e. The van der Waals surface area contributed by atoms with Gasteiger partial charge in [-0.2, -0.15) is 0 Å². The highest BCUT2D eigenvalue weighted by Gasteiger charge is 2.08. The summed E-state index contributed by atoms with van der Waals surface area (Å²) in [5.74, 6) is 1.05. The molecule has 0 radical (unpaired) electrons. The number of hydrogen-bond donors (Lipinski definition) is 0. The first kappa shape index (κ1) is 11.1. The zero-order valence-corrected chi connectivity index (χ0v) is 10.7. The SMILES string of the molecule is CC(=O)c1ccc(-c2ccc(C)c(Br)c2)o1. The highest BCUT2D eigenvalue weighted by Crippen LogP contribution is 2.27. The summed E-state index contributed by atoms with van der Waals surface area (Å²) in [6, 6.07) is 9.48. The van der Waals surface area contributed by atoms with Gasteiger partial charge in [-0.3, -0.25) is 4.79 Å². The van der Waals surface area contributed by atoms with Crippen LogP contribution >= 0.6 is 15.9 Å². The molecule has 0 atom stereocenters. The van der Waals surface area contributed by atoms with Gasteiger partial charge in [0.15, 0.2) is 11.5 Å². The number of ketones is 1. The van der Waals surface area contributed by atoms with Crippen molar-refractivity contribution in [3.05, 3.63) is 46.1 Å². The molecular formula is C13H11BrO2. The molecule has 0 amide bonds. The van der Waals surface area contributed by atoms with Crippen molar-refractivity contribution in [2.24, 2.45) is 0 Å². The van der Waals surface area contributed by atoms with E-state index in [1.807, 2.05) is 31.2 Å². The number of carbonyl (C=O) groups is 1. The molecule has 82 valence electrons. The predicted octanol–water partition coefficient (Wildman–Crippen LogP) is 4.22.